The van der Waals surface area contributed by atoms with Crippen LogP contribution in [0, 0.1) is 13.8 Å². The van der Waals surface area contributed by atoms with E-state index in [1.54, 1.807) is 7.11 Å². The second kappa shape index (κ2) is 5.12. The summed E-state index contributed by atoms with van der Waals surface area (Å²) in [6, 6.07) is 2.06. The van der Waals surface area contributed by atoms with E-state index in [1.807, 2.05) is 25.5 Å². The normalized spacial score (nSPS) is 13.1. The summed E-state index contributed by atoms with van der Waals surface area (Å²) in [6.07, 6.45) is -0.146. The van der Waals surface area contributed by atoms with Crippen molar-refractivity contribution in [1.29, 1.82) is 0 Å². The molecule has 0 N–H and O–H groups in total. The van der Waals surface area contributed by atoms with Gasteiger partial charge in [-0.25, -0.2) is 0 Å². The summed E-state index contributed by atoms with van der Waals surface area (Å²) in [4.78, 5) is 0. The van der Waals surface area contributed by atoms with E-state index in [0.29, 0.717) is 6.61 Å². The first-order valence-electron chi connectivity index (χ1n) is 4.79. The molecular formula is C10H18N2O2. The van der Waals surface area contributed by atoms with E-state index in [9.17, 15) is 0 Å². The van der Waals surface area contributed by atoms with E-state index in [0.717, 1.165) is 17.9 Å². The Kier molecular flexibility index (Phi) is 4.10. The topological polar surface area (TPSA) is 36.3 Å². The summed E-state index contributed by atoms with van der Waals surface area (Å²) in [5, 5.41) is 4.33. The lowest BCUT2D eigenvalue weighted by atomic mass is 10.4. The van der Waals surface area contributed by atoms with Crippen LogP contribution in [0.15, 0.2) is 6.07 Å². The molecule has 4 heteroatoms. The number of rotatable bonds is 5. The van der Waals surface area contributed by atoms with Crippen LogP contribution in [0.4, 0.5) is 0 Å². The molecule has 0 aliphatic rings. The zero-order valence-corrected chi connectivity index (χ0v) is 9.28. The second-order valence-electron chi connectivity index (χ2n) is 3.32. The number of nitrogens with zero attached hydrogens (tertiary/aromatic N) is 2. The Bertz CT molecular complexity index is 284. The molecule has 1 aromatic heterocycles. The highest BCUT2D eigenvalue weighted by Crippen LogP contribution is 2.01. The Labute approximate surface area is 84.8 Å². The van der Waals surface area contributed by atoms with Crippen molar-refractivity contribution in [1.82, 2.24) is 9.78 Å². The van der Waals surface area contributed by atoms with Crippen molar-refractivity contribution in [2.75, 3.05) is 13.7 Å². The lowest BCUT2D eigenvalue weighted by Crippen LogP contribution is -2.16. The molecule has 0 bridgehead atoms. The number of ether oxygens (including phenoxy) is 2. The molecular weight excluding hydrogens is 180 g/mol. The third kappa shape index (κ3) is 3.12. The Morgan fingerprint density at radius 3 is 2.71 bits per heavy atom. The fraction of sp³-hybridized carbons (Fsp3) is 0.700. The van der Waals surface area contributed by atoms with Gasteiger partial charge in [-0.2, -0.15) is 5.10 Å². The van der Waals surface area contributed by atoms with Gasteiger partial charge in [0.25, 0.3) is 0 Å². The first-order valence-corrected chi connectivity index (χ1v) is 4.79. The van der Waals surface area contributed by atoms with Crippen molar-refractivity contribution in [2.45, 2.75) is 33.6 Å². The highest BCUT2D eigenvalue weighted by atomic mass is 16.7. The van der Waals surface area contributed by atoms with Gasteiger partial charge < -0.3 is 9.47 Å². The zero-order valence-electron chi connectivity index (χ0n) is 9.28. The largest absolute Gasteiger partial charge is 0.356 e. The van der Waals surface area contributed by atoms with Crippen LogP contribution < -0.4 is 0 Å². The van der Waals surface area contributed by atoms with E-state index in [4.69, 9.17) is 9.47 Å². The lowest BCUT2D eigenvalue weighted by molar-refractivity contribution is -0.113. The fourth-order valence-corrected chi connectivity index (χ4v) is 1.27. The minimum atomic E-state index is -0.146. The van der Waals surface area contributed by atoms with Gasteiger partial charge in [0.05, 0.1) is 18.8 Å². The van der Waals surface area contributed by atoms with Gasteiger partial charge in [-0.05, 0) is 26.8 Å². The van der Waals surface area contributed by atoms with Crippen molar-refractivity contribution in [3.8, 4) is 0 Å². The summed E-state index contributed by atoms with van der Waals surface area (Å²) in [7, 11) is 1.63. The molecule has 1 rings (SSSR count). The molecule has 1 aromatic rings. The van der Waals surface area contributed by atoms with Gasteiger partial charge in [-0.15, -0.1) is 0 Å². The van der Waals surface area contributed by atoms with Crippen LogP contribution in [0.5, 0.6) is 0 Å². The number of aromatic nitrogens is 2. The Morgan fingerprint density at radius 1 is 1.50 bits per heavy atom. The van der Waals surface area contributed by atoms with Gasteiger partial charge in [0.15, 0.2) is 6.29 Å². The molecule has 1 heterocycles. The van der Waals surface area contributed by atoms with Crippen LogP contribution in [0.2, 0.25) is 0 Å². The molecule has 4 nitrogen and oxygen atoms in total. The van der Waals surface area contributed by atoms with Crippen LogP contribution in [0.25, 0.3) is 0 Å². The van der Waals surface area contributed by atoms with Crippen molar-refractivity contribution < 1.29 is 9.47 Å². The molecule has 0 saturated heterocycles. The number of aryl methyl sites for hydroxylation is 2. The summed E-state index contributed by atoms with van der Waals surface area (Å²) in [5.74, 6) is 0. The van der Waals surface area contributed by atoms with Crippen LogP contribution in [0.3, 0.4) is 0 Å². The van der Waals surface area contributed by atoms with Gasteiger partial charge >= 0.3 is 0 Å². The van der Waals surface area contributed by atoms with E-state index in [-0.39, 0.29) is 6.29 Å². The number of hydrogen-bond donors (Lipinski definition) is 0. The Balaban J connectivity index is 2.34. The van der Waals surface area contributed by atoms with Gasteiger partial charge in [0.2, 0.25) is 0 Å². The Morgan fingerprint density at radius 2 is 2.21 bits per heavy atom. The molecule has 0 aromatic carbocycles. The van der Waals surface area contributed by atoms with Gasteiger partial charge in [0.1, 0.15) is 0 Å². The molecule has 1 atom stereocenters. The zero-order chi connectivity index (χ0) is 10.6. The molecule has 0 radical (unpaired) electrons. The fourth-order valence-electron chi connectivity index (χ4n) is 1.27. The van der Waals surface area contributed by atoms with E-state index >= 15 is 0 Å². The lowest BCUT2D eigenvalue weighted by Gasteiger charge is -2.11. The molecule has 80 valence electrons. The quantitative estimate of drug-likeness (QED) is 0.673. The van der Waals surface area contributed by atoms with Gasteiger partial charge in [0, 0.05) is 12.8 Å². The Hall–Kier alpha value is -0.870. The van der Waals surface area contributed by atoms with E-state index in [2.05, 4.69) is 11.2 Å². The standard InChI is InChI=1S/C10H18N2O2/c1-8-7-9(2)12(11-8)5-6-14-10(3)13-4/h7,10H,5-6H2,1-4H3. The molecule has 0 fully saturated rings. The summed E-state index contributed by atoms with van der Waals surface area (Å²) >= 11 is 0. The first-order chi connectivity index (χ1) is 6.63. The molecule has 0 spiro atoms. The maximum absolute atomic E-state index is 5.38. The molecule has 0 aliphatic carbocycles. The average Bonchev–Trinajstić information content (AvgIpc) is 2.45. The van der Waals surface area contributed by atoms with E-state index < -0.39 is 0 Å². The molecule has 14 heavy (non-hydrogen) atoms. The minimum Gasteiger partial charge on any atom is -0.356 e. The molecule has 0 aliphatic heterocycles. The number of hydrogen-bond acceptors (Lipinski definition) is 3. The smallest absolute Gasteiger partial charge is 0.154 e. The van der Waals surface area contributed by atoms with Crippen LogP contribution >= 0.6 is 0 Å². The summed E-state index contributed by atoms with van der Waals surface area (Å²) in [6.45, 7) is 7.30. The van der Waals surface area contributed by atoms with Crippen molar-refractivity contribution >= 4 is 0 Å². The predicted molar refractivity (Wildman–Crippen MR) is 54.1 cm³/mol. The van der Waals surface area contributed by atoms with E-state index in [1.165, 1.54) is 0 Å². The van der Waals surface area contributed by atoms with Crippen LogP contribution in [0.1, 0.15) is 18.3 Å². The molecule has 1 unspecified atom stereocenters. The van der Waals surface area contributed by atoms with Gasteiger partial charge in [-0.1, -0.05) is 0 Å². The monoisotopic (exact) mass is 198 g/mol. The predicted octanol–water partition coefficient (Wildman–Crippen LogP) is 1.51. The summed E-state index contributed by atoms with van der Waals surface area (Å²) in [5.41, 5.74) is 2.21. The molecule has 0 amide bonds. The maximum Gasteiger partial charge on any atom is 0.154 e. The first kappa shape index (κ1) is 11.2. The third-order valence-electron chi connectivity index (χ3n) is 2.09. The third-order valence-corrected chi connectivity index (χ3v) is 2.09. The van der Waals surface area contributed by atoms with Crippen LogP contribution in [-0.4, -0.2) is 29.8 Å². The average molecular weight is 198 g/mol. The highest BCUT2D eigenvalue weighted by Gasteiger charge is 2.02. The summed E-state index contributed by atoms with van der Waals surface area (Å²) < 4.78 is 12.3. The molecule has 0 saturated carbocycles. The second-order valence-corrected chi connectivity index (χ2v) is 3.32. The van der Waals surface area contributed by atoms with Crippen molar-refractivity contribution in [2.24, 2.45) is 0 Å². The van der Waals surface area contributed by atoms with Crippen molar-refractivity contribution in [3.63, 3.8) is 0 Å². The van der Waals surface area contributed by atoms with Gasteiger partial charge in [-0.3, -0.25) is 4.68 Å². The number of methoxy groups -OCH3 is 1. The minimum absolute atomic E-state index is 0.146. The van der Waals surface area contributed by atoms with Crippen LogP contribution in [-0.2, 0) is 16.0 Å². The highest BCUT2D eigenvalue weighted by molar-refractivity contribution is 5.06. The maximum atomic E-state index is 5.38. The van der Waals surface area contributed by atoms with Crippen molar-refractivity contribution in [3.05, 3.63) is 17.5 Å². The SMILES string of the molecule is COC(C)OCCn1nc(C)cc1C.